The molecular formula is C8H9N3O3. The van der Waals surface area contributed by atoms with Crippen molar-refractivity contribution in [1.82, 2.24) is 10.4 Å². The Bertz CT molecular complexity index is 351. The molecule has 1 rings (SSSR count). The Balaban J connectivity index is 2.66. The fourth-order valence-electron chi connectivity index (χ4n) is 0.780. The number of hydrogen-bond donors (Lipinski definition) is 2. The molecule has 2 N–H and O–H groups in total. The zero-order chi connectivity index (χ0) is 10.4. The van der Waals surface area contributed by atoms with Crippen LogP contribution in [0.4, 0.5) is 4.79 Å². The number of nitrogens with zero attached hydrogens (tertiary/aromatic N) is 2. The van der Waals surface area contributed by atoms with Crippen LogP contribution in [0, 0.1) is 0 Å². The van der Waals surface area contributed by atoms with E-state index in [0.717, 1.165) is 0 Å². The second-order valence-corrected chi connectivity index (χ2v) is 2.33. The highest BCUT2D eigenvalue weighted by Crippen LogP contribution is 2.07. The van der Waals surface area contributed by atoms with Crippen LogP contribution in [-0.2, 0) is 0 Å². The van der Waals surface area contributed by atoms with Crippen molar-refractivity contribution in [3.05, 3.63) is 24.0 Å². The number of carbonyl (C=O) groups is 1. The van der Waals surface area contributed by atoms with Gasteiger partial charge in [-0.2, -0.15) is 5.10 Å². The number of rotatable bonds is 3. The first-order valence-electron chi connectivity index (χ1n) is 3.73. The van der Waals surface area contributed by atoms with E-state index in [1.807, 2.05) is 5.43 Å². The molecule has 1 aromatic rings. The van der Waals surface area contributed by atoms with Crippen LogP contribution >= 0.6 is 0 Å². The van der Waals surface area contributed by atoms with Crippen molar-refractivity contribution in [3.8, 4) is 5.75 Å². The van der Waals surface area contributed by atoms with E-state index in [2.05, 4.69) is 10.1 Å². The number of hydrogen-bond acceptors (Lipinski definition) is 4. The van der Waals surface area contributed by atoms with Gasteiger partial charge in [0.1, 0.15) is 5.75 Å². The van der Waals surface area contributed by atoms with Crippen LogP contribution in [0.25, 0.3) is 0 Å². The predicted molar refractivity (Wildman–Crippen MR) is 49.5 cm³/mol. The third-order valence-electron chi connectivity index (χ3n) is 1.34. The Morgan fingerprint density at radius 2 is 2.50 bits per heavy atom. The first kappa shape index (κ1) is 9.97. The molecule has 1 heterocycles. The number of ether oxygens (including phenoxy) is 1. The maximum atomic E-state index is 10.0. The average Bonchev–Trinajstić information content (AvgIpc) is 2.18. The van der Waals surface area contributed by atoms with Gasteiger partial charge in [-0.25, -0.2) is 10.2 Å². The van der Waals surface area contributed by atoms with Crippen LogP contribution in [0.3, 0.4) is 0 Å². The van der Waals surface area contributed by atoms with E-state index in [1.165, 1.54) is 19.5 Å². The summed E-state index contributed by atoms with van der Waals surface area (Å²) >= 11 is 0. The minimum Gasteiger partial charge on any atom is -0.495 e. The van der Waals surface area contributed by atoms with Crippen molar-refractivity contribution >= 4 is 12.3 Å². The van der Waals surface area contributed by atoms with E-state index in [4.69, 9.17) is 9.84 Å². The number of methoxy groups -OCH3 is 1. The third kappa shape index (κ3) is 3.10. The minimum absolute atomic E-state index is 0.587. The Hall–Kier alpha value is -2.11. The molecule has 6 nitrogen and oxygen atoms in total. The quantitative estimate of drug-likeness (QED) is 0.549. The maximum absolute atomic E-state index is 10.0. The normalized spacial score (nSPS) is 10.1. The summed E-state index contributed by atoms with van der Waals surface area (Å²) in [6.07, 6.45) is 3.21. The highest BCUT2D eigenvalue weighted by Gasteiger charge is 1.93. The molecule has 74 valence electrons. The lowest BCUT2D eigenvalue weighted by Gasteiger charge is -1.98. The second-order valence-electron chi connectivity index (χ2n) is 2.33. The van der Waals surface area contributed by atoms with Gasteiger partial charge in [0.25, 0.3) is 0 Å². The first-order chi connectivity index (χ1) is 6.72. The molecule has 1 amide bonds. The minimum atomic E-state index is -1.21. The molecule has 1 aromatic heterocycles. The zero-order valence-corrected chi connectivity index (χ0v) is 7.47. The molecule has 0 spiro atoms. The van der Waals surface area contributed by atoms with E-state index in [9.17, 15) is 4.79 Å². The molecule has 0 aliphatic heterocycles. The van der Waals surface area contributed by atoms with E-state index in [0.29, 0.717) is 11.3 Å². The third-order valence-corrected chi connectivity index (χ3v) is 1.34. The molecule has 0 saturated carbocycles. The SMILES string of the molecule is COc1cncc(C=NNC(=O)O)c1. The number of hydrazone groups is 1. The first-order valence-corrected chi connectivity index (χ1v) is 3.73. The fraction of sp³-hybridized carbons (Fsp3) is 0.125. The molecule has 0 unspecified atom stereocenters. The molecule has 0 aromatic carbocycles. The number of nitrogens with one attached hydrogen (secondary N) is 1. The predicted octanol–water partition coefficient (Wildman–Crippen LogP) is 0.692. The Labute approximate surface area is 80.2 Å². The fourth-order valence-corrected chi connectivity index (χ4v) is 0.780. The van der Waals surface area contributed by atoms with Crippen molar-refractivity contribution in [2.45, 2.75) is 0 Å². The van der Waals surface area contributed by atoms with Gasteiger partial charge in [0, 0.05) is 11.8 Å². The van der Waals surface area contributed by atoms with Crippen LogP contribution in [0.5, 0.6) is 5.75 Å². The lowest BCUT2D eigenvalue weighted by molar-refractivity contribution is 0.195. The number of pyridine rings is 1. The largest absolute Gasteiger partial charge is 0.495 e. The molecule has 6 heteroatoms. The summed E-state index contributed by atoms with van der Waals surface area (Å²) in [5.74, 6) is 0.587. The Morgan fingerprint density at radius 1 is 1.71 bits per heavy atom. The van der Waals surface area contributed by atoms with Crippen LogP contribution in [-0.4, -0.2) is 29.5 Å². The maximum Gasteiger partial charge on any atom is 0.425 e. The molecule has 0 saturated heterocycles. The zero-order valence-electron chi connectivity index (χ0n) is 7.47. The van der Waals surface area contributed by atoms with Crippen LogP contribution < -0.4 is 10.2 Å². The molecule has 0 aliphatic rings. The average molecular weight is 195 g/mol. The van der Waals surface area contributed by atoms with Gasteiger partial charge in [-0.1, -0.05) is 0 Å². The molecular weight excluding hydrogens is 186 g/mol. The standard InChI is InChI=1S/C8H9N3O3/c1-14-7-2-6(3-9-5-7)4-10-11-8(12)13/h2-5,11H,1H3,(H,12,13). The van der Waals surface area contributed by atoms with Crippen molar-refractivity contribution in [2.24, 2.45) is 5.10 Å². The van der Waals surface area contributed by atoms with Crippen LogP contribution in [0.1, 0.15) is 5.56 Å². The molecule has 0 bridgehead atoms. The van der Waals surface area contributed by atoms with Gasteiger partial charge in [-0.3, -0.25) is 4.98 Å². The summed E-state index contributed by atoms with van der Waals surface area (Å²) < 4.78 is 4.92. The van der Waals surface area contributed by atoms with Gasteiger partial charge < -0.3 is 9.84 Å². The van der Waals surface area contributed by atoms with E-state index >= 15 is 0 Å². The number of amides is 1. The summed E-state index contributed by atoms with van der Waals surface area (Å²) in [6.45, 7) is 0. The summed E-state index contributed by atoms with van der Waals surface area (Å²) in [5, 5.41) is 11.7. The topological polar surface area (TPSA) is 83.8 Å². The molecule has 14 heavy (non-hydrogen) atoms. The van der Waals surface area contributed by atoms with Gasteiger partial charge in [0.2, 0.25) is 0 Å². The highest BCUT2D eigenvalue weighted by molar-refractivity contribution is 5.80. The second kappa shape index (κ2) is 4.80. The lowest BCUT2D eigenvalue weighted by Crippen LogP contribution is -2.13. The highest BCUT2D eigenvalue weighted by atomic mass is 16.5. The Morgan fingerprint density at radius 3 is 3.14 bits per heavy atom. The van der Waals surface area contributed by atoms with Gasteiger partial charge >= 0.3 is 6.09 Å². The van der Waals surface area contributed by atoms with Gasteiger partial charge in [-0.05, 0) is 6.07 Å². The van der Waals surface area contributed by atoms with E-state index < -0.39 is 6.09 Å². The molecule has 0 atom stereocenters. The van der Waals surface area contributed by atoms with Crippen LogP contribution in [0.15, 0.2) is 23.6 Å². The van der Waals surface area contributed by atoms with Crippen LogP contribution in [0.2, 0.25) is 0 Å². The summed E-state index contributed by atoms with van der Waals surface area (Å²) in [6, 6.07) is 1.68. The monoisotopic (exact) mass is 195 g/mol. The summed E-state index contributed by atoms with van der Waals surface area (Å²) in [4.78, 5) is 13.9. The molecule has 0 fully saturated rings. The molecule has 0 radical (unpaired) electrons. The molecule has 0 aliphatic carbocycles. The number of aromatic nitrogens is 1. The summed E-state index contributed by atoms with van der Waals surface area (Å²) in [5.41, 5.74) is 2.50. The van der Waals surface area contributed by atoms with E-state index in [1.54, 1.807) is 12.3 Å². The van der Waals surface area contributed by atoms with Crippen molar-refractivity contribution < 1.29 is 14.6 Å². The van der Waals surface area contributed by atoms with Crippen molar-refractivity contribution in [3.63, 3.8) is 0 Å². The van der Waals surface area contributed by atoms with E-state index in [-0.39, 0.29) is 0 Å². The van der Waals surface area contributed by atoms with Crippen molar-refractivity contribution in [1.29, 1.82) is 0 Å². The summed E-state index contributed by atoms with van der Waals surface area (Å²) in [7, 11) is 1.52. The Kier molecular flexibility index (Phi) is 3.42. The van der Waals surface area contributed by atoms with Gasteiger partial charge in [-0.15, -0.1) is 0 Å². The van der Waals surface area contributed by atoms with Gasteiger partial charge in [0.05, 0.1) is 19.5 Å². The smallest absolute Gasteiger partial charge is 0.425 e. The lowest BCUT2D eigenvalue weighted by atomic mass is 10.3. The number of carboxylic acid groups (broad SMARTS) is 1. The van der Waals surface area contributed by atoms with Gasteiger partial charge in [0.15, 0.2) is 0 Å². The van der Waals surface area contributed by atoms with Crippen molar-refractivity contribution in [2.75, 3.05) is 7.11 Å².